The maximum absolute atomic E-state index is 6.06. The molecule has 0 spiro atoms. The van der Waals surface area contributed by atoms with Gasteiger partial charge in [-0.25, -0.2) is 0 Å². The molecule has 0 aliphatic heterocycles. The van der Waals surface area contributed by atoms with Crippen molar-refractivity contribution in [3.63, 3.8) is 0 Å². The summed E-state index contributed by atoms with van der Waals surface area (Å²) < 4.78 is 0. The molecule has 0 radical (unpaired) electrons. The van der Waals surface area contributed by atoms with Crippen LogP contribution in [0.4, 0.5) is 0 Å². The summed E-state index contributed by atoms with van der Waals surface area (Å²) in [7, 11) is 1.86. The highest BCUT2D eigenvalue weighted by atomic mass is 14.9. The lowest BCUT2D eigenvalue weighted by Crippen LogP contribution is -2.30. The standard InChI is InChI=1S/C17H22N2/c1-13(19-2)17(18)12-14-8-10-16(11-9-14)15-6-4-3-5-7-15/h3-6,8-11,15,17,19H,1,7,12,18H2,2H3/t15?,17-/m0/s1. The Labute approximate surface area is 115 Å². The molecule has 2 heteroatoms. The Morgan fingerprint density at radius 3 is 2.68 bits per heavy atom. The normalized spacial score (nSPS) is 19.2. The molecule has 0 saturated carbocycles. The molecule has 2 nitrogen and oxygen atoms in total. The summed E-state index contributed by atoms with van der Waals surface area (Å²) in [5.74, 6) is 0.514. The van der Waals surface area contributed by atoms with Crippen LogP contribution in [0.3, 0.4) is 0 Å². The first-order valence-electron chi connectivity index (χ1n) is 6.75. The number of nitrogens with one attached hydrogen (secondary N) is 1. The predicted molar refractivity (Wildman–Crippen MR) is 82.0 cm³/mol. The molecule has 0 bridgehead atoms. The number of allylic oxidation sites excluding steroid dienone is 4. The highest BCUT2D eigenvalue weighted by Crippen LogP contribution is 2.24. The molecule has 0 aromatic heterocycles. The van der Waals surface area contributed by atoms with Crippen LogP contribution in [0.25, 0.3) is 0 Å². The van der Waals surface area contributed by atoms with E-state index in [1.165, 1.54) is 11.1 Å². The molecule has 2 atom stereocenters. The molecule has 1 aliphatic rings. The molecule has 19 heavy (non-hydrogen) atoms. The highest BCUT2D eigenvalue weighted by Gasteiger charge is 2.10. The number of hydrogen-bond donors (Lipinski definition) is 2. The Bertz CT molecular complexity index is 482. The molecule has 1 aromatic carbocycles. The van der Waals surface area contributed by atoms with E-state index in [1.807, 2.05) is 7.05 Å². The largest absolute Gasteiger partial charge is 0.391 e. The molecule has 2 rings (SSSR count). The van der Waals surface area contributed by atoms with E-state index in [1.54, 1.807) is 0 Å². The lowest BCUT2D eigenvalue weighted by Gasteiger charge is -2.16. The van der Waals surface area contributed by atoms with Gasteiger partial charge in [0.25, 0.3) is 0 Å². The Morgan fingerprint density at radius 2 is 2.11 bits per heavy atom. The minimum absolute atomic E-state index is 0.0339. The van der Waals surface area contributed by atoms with Gasteiger partial charge in [-0.05, 0) is 24.0 Å². The van der Waals surface area contributed by atoms with Crippen molar-refractivity contribution in [3.05, 3.63) is 72.0 Å². The lowest BCUT2D eigenvalue weighted by atomic mass is 9.91. The van der Waals surface area contributed by atoms with Crippen molar-refractivity contribution in [2.45, 2.75) is 24.8 Å². The van der Waals surface area contributed by atoms with Gasteiger partial charge in [0, 0.05) is 24.7 Å². The van der Waals surface area contributed by atoms with Crippen molar-refractivity contribution >= 4 is 0 Å². The van der Waals surface area contributed by atoms with Gasteiger partial charge >= 0.3 is 0 Å². The van der Waals surface area contributed by atoms with Crippen LogP contribution in [0.2, 0.25) is 0 Å². The van der Waals surface area contributed by atoms with Gasteiger partial charge in [-0.1, -0.05) is 55.1 Å². The molecule has 1 aliphatic carbocycles. The molecule has 100 valence electrons. The van der Waals surface area contributed by atoms with Gasteiger partial charge in [0.1, 0.15) is 0 Å². The number of likely N-dealkylation sites (N-methyl/N-ethyl adjacent to an activating group) is 1. The Balaban J connectivity index is 2.00. The summed E-state index contributed by atoms with van der Waals surface area (Å²) >= 11 is 0. The van der Waals surface area contributed by atoms with Gasteiger partial charge in [0.05, 0.1) is 0 Å². The first-order chi connectivity index (χ1) is 9.20. The number of nitrogens with two attached hydrogens (primary N) is 1. The van der Waals surface area contributed by atoms with Crippen LogP contribution >= 0.6 is 0 Å². The molecule has 0 heterocycles. The molecule has 0 saturated heterocycles. The second-order valence-corrected chi connectivity index (χ2v) is 4.98. The van der Waals surface area contributed by atoms with Crippen molar-refractivity contribution in [2.75, 3.05) is 7.05 Å². The predicted octanol–water partition coefficient (Wildman–Crippen LogP) is 2.89. The second-order valence-electron chi connectivity index (χ2n) is 4.98. The summed E-state index contributed by atoms with van der Waals surface area (Å²) in [5.41, 5.74) is 9.56. The van der Waals surface area contributed by atoms with Gasteiger partial charge in [0.2, 0.25) is 0 Å². The number of hydrogen-bond acceptors (Lipinski definition) is 2. The monoisotopic (exact) mass is 254 g/mol. The fourth-order valence-electron chi connectivity index (χ4n) is 2.29. The van der Waals surface area contributed by atoms with E-state index in [2.05, 4.69) is 60.5 Å². The molecular weight excluding hydrogens is 232 g/mol. The first kappa shape index (κ1) is 13.6. The van der Waals surface area contributed by atoms with E-state index in [0.29, 0.717) is 5.92 Å². The van der Waals surface area contributed by atoms with Gasteiger partial charge in [-0.2, -0.15) is 0 Å². The molecular formula is C17H22N2. The lowest BCUT2D eigenvalue weighted by molar-refractivity contribution is 0.710. The van der Waals surface area contributed by atoms with E-state index < -0.39 is 0 Å². The smallest absolute Gasteiger partial charge is 0.0479 e. The first-order valence-corrected chi connectivity index (χ1v) is 6.75. The van der Waals surface area contributed by atoms with Crippen LogP contribution in [0.1, 0.15) is 23.5 Å². The van der Waals surface area contributed by atoms with Crippen LogP contribution in [-0.2, 0) is 6.42 Å². The highest BCUT2D eigenvalue weighted by molar-refractivity contribution is 5.32. The fraction of sp³-hybridized carbons (Fsp3) is 0.294. The fourth-order valence-corrected chi connectivity index (χ4v) is 2.29. The maximum Gasteiger partial charge on any atom is 0.0479 e. The molecule has 0 amide bonds. The van der Waals surface area contributed by atoms with Crippen LogP contribution in [-0.4, -0.2) is 13.1 Å². The summed E-state index contributed by atoms with van der Waals surface area (Å²) in [6, 6.07) is 8.72. The van der Waals surface area contributed by atoms with E-state index in [-0.39, 0.29) is 6.04 Å². The SMILES string of the molecule is C=C(NC)[C@@H](N)Cc1ccc(C2C=CC=CC2)cc1. The molecule has 0 fully saturated rings. The molecule has 3 N–H and O–H groups in total. The van der Waals surface area contributed by atoms with Crippen molar-refractivity contribution in [2.24, 2.45) is 5.73 Å². The zero-order valence-electron chi connectivity index (χ0n) is 11.5. The Hall–Kier alpha value is -1.80. The van der Waals surface area contributed by atoms with E-state index in [0.717, 1.165) is 18.5 Å². The minimum Gasteiger partial charge on any atom is -0.391 e. The van der Waals surface area contributed by atoms with Crippen molar-refractivity contribution in [1.82, 2.24) is 5.32 Å². The Kier molecular flexibility index (Phi) is 4.58. The van der Waals surface area contributed by atoms with Crippen LogP contribution in [0.15, 0.2) is 60.8 Å². The van der Waals surface area contributed by atoms with Gasteiger partial charge in [0.15, 0.2) is 0 Å². The van der Waals surface area contributed by atoms with Crippen LogP contribution < -0.4 is 11.1 Å². The van der Waals surface area contributed by atoms with E-state index >= 15 is 0 Å². The number of benzene rings is 1. The van der Waals surface area contributed by atoms with Gasteiger partial charge < -0.3 is 11.1 Å². The quantitative estimate of drug-likeness (QED) is 0.848. The molecule has 1 aromatic rings. The van der Waals surface area contributed by atoms with Gasteiger partial charge in [-0.3, -0.25) is 0 Å². The van der Waals surface area contributed by atoms with Crippen molar-refractivity contribution in [3.8, 4) is 0 Å². The van der Waals surface area contributed by atoms with E-state index in [4.69, 9.17) is 5.73 Å². The minimum atomic E-state index is -0.0339. The third-order valence-corrected chi connectivity index (χ3v) is 3.61. The summed E-state index contributed by atoms with van der Waals surface area (Å²) in [6.45, 7) is 3.91. The van der Waals surface area contributed by atoms with Crippen LogP contribution in [0, 0.1) is 0 Å². The average molecular weight is 254 g/mol. The zero-order chi connectivity index (χ0) is 13.7. The van der Waals surface area contributed by atoms with Crippen molar-refractivity contribution < 1.29 is 0 Å². The third-order valence-electron chi connectivity index (χ3n) is 3.61. The summed E-state index contributed by atoms with van der Waals surface area (Å²) in [6.07, 6.45) is 10.6. The summed E-state index contributed by atoms with van der Waals surface area (Å²) in [4.78, 5) is 0. The molecule has 1 unspecified atom stereocenters. The average Bonchev–Trinajstić information content (AvgIpc) is 2.48. The second kappa shape index (κ2) is 6.39. The number of rotatable bonds is 5. The Morgan fingerprint density at radius 1 is 1.37 bits per heavy atom. The van der Waals surface area contributed by atoms with Gasteiger partial charge in [-0.15, -0.1) is 0 Å². The van der Waals surface area contributed by atoms with E-state index in [9.17, 15) is 0 Å². The maximum atomic E-state index is 6.06. The van der Waals surface area contributed by atoms with Crippen molar-refractivity contribution in [1.29, 1.82) is 0 Å². The van der Waals surface area contributed by atoms with Crippen LogP contribution in [0.5, 0.6) is 0 Å². The topological polar surface area (TPSA) is 38.0 Å². The third kappa shape index (κ3) is 3.58. The zero-order valence-corrected chi connectivity index (χ0v) is 11.5. The summed E-state index contributed by atoms with van der Waals surface area (Å²) in [5, 5.41) is 3.01.